The molecule has 0 radical (unpaired) electrons. The summed E-state index contributed by atoms with van der Waals surface area (Å²) < 4.78 is 34.5. The van der Waals surface area contributed by atoms with Gasteiger partial charge in [0.25, 0.3) is 5.91 Å². The van der Waals surface area contributed by atoms with Crippen molar-refractivity contribution >= 4 is 44.6 Å². The number of carbonyl (C=O) groups is 4. The van der Waals surface area contributed by atoms with Crippen LogP contribution in [0.1, 0.15) is 65.0 Å². The minimum Gasteiger partial charge on any atom is -0.464 e. The van der Waals surface area contributed by atoms with E-state index >= 15 is 0 Å². The number of esters is 1. The summed E-state index contributed by atoms with van der Waals surface area (Å²) in [6.07, 6.45) is 7.18. The number of nitrogens with one attached hydrogen (secondary N) is 2. The lowest BCUT2D eigenvalue weighted by atomic mass is 9.84. The number of hydrogen-bond acceptors (Lipinski definition) is 10. The first-order valence-corrected chi connectivity index (χ1v) is 23.0. The van der Waals surface area contributed by atoms with Crippen molar-refractivity contribution in [2.45, 2.75) is 91.4 Å². The van der Waals surface area contributed by atoms with Gasteiger partial charge in [0, 0.05) is 79.3 Å². The predicted molar refractivity (Wildman–Crippen MR) is 236 cm³/mol. The van der Waals surface area contributed by atoms with Crippen LogP contribution in [0.3, 0.4) is 0 Å². The first-order valence-electron chi connectivity index (χ1n) is 21.5. The first kappa shape index (κ1) is 44.6. The third-order valence-corrected chi connectivity index (χ3v) is 13.8. The second-order valence-corrected chi connectivity index (χ2v) is 19.7. The van der Waals surface area contributed by atoms with Gasteiger partial charge < -0.3 is 19.5 Å². The molecule has 16 heteroatoms. The average Bonchev–Trinajstić information content (AvgIpc) is 3.88. The first-order chi connectivity index (χ1) is 29.5. The van der Waals surface area contributed by atoms with Crippen LogP contribution in [0.5, 0.6) is 0 Å². The van der Waals surface area contributed by atoms with Gasteiger partial charge in [-0.3, -0.25) is 24.2 Å². The number of carbonyl (C=O) groups excluding carboxylic acids is 4. The molecule has 4 atom stereocenters. The average molecular weight is 867 g/mol. The fourth-order valence-electron chi connectivity index (χ4n) is 9.25. The number of sulfonamides is 1. The number of likely N-dealkylation sites (N-methyl/N-ethyl adjacent to an activating group) is 1. The standard InChI is InChI=1S/C46H58N8O7S/c1-8-53-39-16-15-32-22-35(39)36(41(53)34-24-47-28-48-25-34)23-46(5,6)27-61-45(58)37-14-11-18-54(50-37)44(57)38(21-30-12-10-13-31(32)20-30)49-42(55)40(29(3)4)51(7)43(56)33-17-19-52(26-33)62(59,60)9-2/h9-10,12-13,15-16,20,22,24-25,28-29,33,37-38,40,50H,2,8,11,14,17-19,21,23,26-27H2,1,3-7H3,(H,49,55)/t33-,37-,38-,40-/m0/s1. The lowest BCUT2D eigenvalue weighted by molar-refractivity contribution is -0.155. The van der Waals surface area contributed by atoms with Crippen molar-refractivity contribution in [2.75, 3.05) is 33.3 Å². The maximum atomic E-state index is 14.6. The second-order valence-electron chi connectivity index (χ2n) is 17.9. The number of amides is 3. The molecule has 2 N–H and O–H groups in total. The quantitative estimate of drug-likeness (QED) is 0.224. The Labute approximate surface area is 363 Å². The molecule has 0 aliphatic carbocycles. The van der Waals surface area contributed by atoms with Gasteiger partial charge in [-0.25, -0.2) is 23.8 Å². The number of cyclic esters (lactones) is 1. The molecule has 3 aliphatic heterocycles. The van der Waals surface area contributed by atoms with E-state index in [0.29, 0.717) is 38.8 Å². The number of nitrogens with zero attached hydrogens (tertiary/aromatic N) is 6. The lowest BCUT2D eigenvalue weighted by Crippen LogP contribution is -2.62. The van der Waals surface area contributed by atoms with Crippen LogP contribution < -0.4 is 10.7 Å². The van der Waals surface area contributed by atoms with E-state index in [1.54, 1.807) is 7.05 Å². The zero-order chi connectivity index (χ0) is 44.5. The molecule has 7 rings (SSSR count). The van der Waals surface area contributed by atoms with E-state index in [4.69, 9.17) is 4.74 Å². The Kier molecular flexibility index (Phi) is 13.0. The zero-order valence-corrected chi connectivity index (χ0v) is 37.3. The summed E-state index contributed by atoms with van der Waals surface area (Å²) in [4.78, 5) is 66.7. The smallest absolute Gasteiger partial charge is 0.324 e. The highest BCUT2D eigenvalue weighted by molar-refractivity contribution is 7.92. The molecule has 2 aromatic heterocycles. The van der Waals surface area contributed by atoms with Crippen molar-refractivity contribution in [1.29, 1.82) is 0 Å². The maximum absolute atomic E-state index is 14.6. The monoisotopic (exact) mass is 866 g/mol. The Hall–Kier alpha value is -5.45. The van der Waals surface area contributed by atoms with Gasteiger partial charge in [0.2, 0.25) is 21.8 Å². The molecular formula is C46H58N8O7S. The van der Waals surface area contributed by atoms with Crippen molar-refractivity contribution in [3.05, 3.63) is 84.3 Å². The minimum absolute atomic E-state index is 0.00896. The minimum atomic E-state index is -3.70. The summed E-state index contributed by atoms with van der Waals surface area (Å²) in [5.41, 5.74) is 9.39. The van der Waals surface area contributed by atoms with Gasteiger partial charge in [0.1, 0.15) is 24.5 Å². The topological polar surface area (TPSA) is 176 Å². The van der Waals surface area contributed by atoms with Crippen LogP contribution in [0.25, 0.3) is 33.3 Å². The highest BCUT2D eigenvalue weighted by atomic mass is 32.2. The van der Waals surface area contributed by atoms with E-state index in [2.05, 4.69) is 70.8 Å². The van der Waals surface area contributed by atoms with Gasteiger partial charge in [0.15, 0.2) is 0 Å². The van der Waals surface area contributed by atoms with Gasteiger partial charge in [-0.1, -0.05) is 64.6 Å². The summed E-state index contributed by atoms with van der Waals surface area (Å²) in [5, 5.41) is 6.35. The fraction of sp³-hybridized carbons (Fsp3) is 0.478. The van der Waals surface area contributed by atoms with Crippen molar-refractivity contribution in [1.82, 2.24) is 39.5 Å². The molecule has 0 spiro atoms. The summed E-state index contributed by atoms with van der Waals surface area (Å²) in [6.45, 7) is 14.6. The molecule has 0 saturated carbocycles. The van der Waals surface area contributed by atoms with Crippen molar-refractivity contribution in [2.24, 2.45) is 17.3 Å². The van der Waals surface area contributed by atoms with Gasteiger partial charge in [-0.15, -0.1) is 0 Å². The van der Waals surface area contributed by atoms with Crippen LogP contribution >= 0.6 is 0 Å². The van der Waals surface area contributed by atoms with Crippen LogP contribution in [0.4, 0.5) is 0 Å². The second kappa shape index (κ2) is 18.1. The number of ether oxygens (including phenoxy) is 1. The Morgan fingerprint density at radius 1 is 1.06 bits per heavy atom. The van der Waals surface area contributed by atoms with Gasteiger partial charge in [-0.05, 0) is 72.9 Å². The summed E-state index contributed by atoms with van der Waals surface area (Å²) in [7, 11) is -2.16. The van der Waals surface area contributed by atoms with Crippen molar-refractivity contribution in [3.8, 4) is 22.4 Å². The molecule has 2 saturated heterocycles. The van der Waals surface area contributed by atoms with Crippen LogP contribution in [0.15, 0.2) is 73.2 Å². The molecule has 2 fully saturated rings. The fourth-order valence-corrected chi connectivity index (χ4v) is 10.2. The number of aryl methyl sites for hydroxylation is 1. The number of benzene rings is 2. The molecule has 3 aliphatic rings. The lowest BCUT2D eigenvalue weighted by Gasteiger charge is -2.37. The molecule has 0 unspecified atom stereocenters. The number of hydrazine groups is 1. The molecular weight excluding hydrogens is 809 g/mol. The highest BCUT2D eigenvalue weighted by Crippen LogP contribution is 2.40. The normalized spacial score (nSPS) is 21.6. The van der Waals surface area contributed by atoms with E-state index < -0.39 is 57.3 Å². The van der Waals surface area contributed by atoms with E-state index in [1.807, 2.05) is 50.5 Å². The third-order valence-electron chi connectivity index (χ3n) is 12.4. The Morgan fingerprint density at radius 3 is 2.52 bits per heavy atom. The number of fused-ring (bicyclic) bond motifs is 6. The molecule has 6 bridgehead atoms. The molecule has 2 aromatic carbocycles. The molecule has 15 nitrogen and oxygen atoms in total. The van der Waals surface area contributed by atoms with Crippen molar-refractivity contribution in [3.63, 3.8) is 0 Å². The van der Waals surface area contributed by atoms with E-state index in [-0.39, 0.29) is 37.9 Å². The zero-order valence-electron chi connectivity index (χ0n) is 36.5. The highest BCUT2D eigenvalue weighted by Gasteiger charge is 2.41. The number of hydrogen-bond donors (Lipinski definition) is 2. The Morgan fingerprint density at radius 2 is 1.81 bits per heavy atom. The third kappa shape index (κ3) is 9.18. The van der Waals surface area contributed by atoms with E-state index in [1.165, 1.54) is 20.5 Å². The summed E-state index contributed by atoms with van der Waals surface area (Å²) in [5.74, 6) is -2.76. The van der Waals surface area contributed by atoms with Crippen LogP contribution in [-0.2, 0) is 53.3 Å². The van der Waals surface area contributed by atoms with E-state index in [9.17, 15) is 27.6 Å². The molecule has 5 heterocycles. The summed E-state index contributed by atoms with van der Waals surface area (Å²) >= 11 is 0. The molecule has 62 heavy (non-hydrogen) atoms. The molecule has 3 amide bonds. The Balaban J connectivity index is 1.26. The molecule has 330 valence electrons. The van der Waals surface area contributed by atoms with Crippen LogP contribution in [0, 0.1) is 17.3 Å². The Bertz CT molecular complexity index is 2470. The number of aromatic nitrogens is 3. The van der Waals surface area contributed by atoms with Crippen molar-refractivity contribution < 1.29 is 32.3 Å². The van der Waals surface area contributed by atoms with E-state index in [0.717, 1.165) is 49.8 Å². The largest absolute Gasteiger partial charge is 0.464 e. The summed E-state index contributed by atoms with van der Waals surface area (Å²) in [6, 6.07) is 11.5. The predicted octanol–water partition coefficient (Wildman–Crippen LogP) is 4.71. The maximum Gasteiger partial charge on any atom is 0.324 e. The molecule has 4 aromatic rings. The van der Waals surface area contributed by atoms with Gasteiger partial charge in [0.05, 0.1) is 18.2 Å². The SMILES string of the molecule is C=CS(=O)(=O)N1CC[C@H](C(=O)N(C)[C@H](C(=O)N[C@H]2Cc3cccc(c3)-c3ccc4c(c3)c(c(-c3cncnc3)n4CC)CC(C)(C)COC(=O)[C@@H]3CCCN(N3)C2=O)C(C)C)C1. The van der Waals surface area contributed by atoms with Gasteiger partial charge >= 0.3 is 5.97 Å². The van der Waals surface area contributed by atoms with Crippen LogP contribution in [0.2, 0.25) is 0 Å². The number of rotatable bonds is 9. The van der Waals surface area contributed by atoms with Crippen LogP contribution in [-0.4, -0.2) is 112 Å². The van der Waals surface area contributed by atoms with Gasteiger partial charge in [-0.2, -0.15) is 4.31 Å².